The molecule has 0 aromatic heterocycles. The Labute approximate surface area is 160 Å². The van der Waals surface area contributed by atoms with Crippen LogP contribution in [0.25, 0.3) is 0 Å². The minimum Gasteiger partial charge on any atom is -0.481 e. The largest absolute Gasteiger partial charge is 0.481 e. The summed E-state index contributed by atoms with van der Waals surface area (Å²) < 4.78 is 5.77. The number of benzene rings is 1. The molecule has 0 bridgehead atoms. The van der Waals surface area contributed by atoms with Crippen molar-refractivity contribution in [1.29, 1.82) is 0 Å². The molecule has 2 aliphatic rings. The summed E-state index contributed by atoms with van der Waals surface area (Å²) >= 11 is 0. The molecule has 1 heterocycles. The van der Waals surface area contributed by atoms with Gasteiger partial charge < -0.3 is 15.2 Å². The summed E-state index contributed by atoms with van der Waals surface area (Å²) in [7, 11) is 0. The third kappa shape index (κ3) is 5.53. The van der Waals surface area contributed by atoms with Gasteiger partial charge in [-0.05, 0) is 57.2 Å². The van der Waals surface area contributed by atoms with Crippen LogP contribution in [0, 0.1) is 5.92 Å². The number of nitrogens with one attached hydrogen (secondary N) is 1. The van der Waals surface area contributed by atoms with E-state index >= 15 is 0 Å². The Bertz CT molecular complexity index is 643. The van der Waals surface area contributed by atoms with E-state index < -0.39 is 5.97 Å². The van der Waals surface area contributed by atoms with Crippen molar-refractivity contribution in [3.8, 4) is 0 Å². The summed E-state index contributed by atoms with van der Waals surface area (Å²) in [6.07, 6.45) is 3.22. The normalized spacial score (nSPS) is 29.3. The van der Waals surface area contributed by atoms with Gasteiger partial charge in [0.2, 0.25) is 0 Å². The SMILES string of the molecule is C[C@@H]1CN(Cc2ccc(C(=O)NC3CCC(C(=O)O)CC3)cc2)C[C@H](C)O1. The molecule has 1 aliphatic carbocycles. The summed E-state index contributed by atoms with van der Waals surface area (Å²) in [6, 6.07) is 7.85. The molecule has 1 aliphatic heterocycles. The van der Waals surface area contributed by atoms with Crippen LogP contribution >= 0.6 is 0 Å². The van der Waals surface area contributed by atoms with E-state index in [1.54, 1.807) is 0 Å². The number of carboxylic acid groups (broad SMARTS) is 1. The molecule has 3 rings (SSSR count). The minimum atomic E-state index is -0.723. The Morgan fingerprint density at radius 2 is 1.67 bits per heavy atom. The number of hydrogen-bond acceptors (Lipinski definition) is 4. The molecule has 1 amide bonds. The van der Waals surface area contributed by atoms with Gasteiger partial charge in [-0.15, -0.1) is 0 Å². The number of aliphatic carboxylic acids is 1. The predicted octanol–water partition coefficient (Wildman–Crippen LogP) is 2.67. The number of nitrogens with zero attached hydrogens (tertiary/aromatic N) is 1. The van der Waals surface area contributed by atoms with Gasteiger partial charge in [-0.25, -0.2) is 0 Å². The smallest absolute Gasteiger partial charge is 0.306 e. The van der Waals surface area contributed by atoms with Crippen LogP contribution in [0.4, 0.5) is 0 Å². The maximum Gasteiger partial charge on any atom is 0.306 e. The third-order valence-electron chi connectivity index (χ3n) is 5.53. The van der Waals surface area contributed by atoms with Crippen LogP contribution in [0.3, 0.4) is 0 Å². The van der Waals surface area contributed by atoms with Gasteiger partial charge in [-0.2, -0.15) is 0 Å². The Hall–Kier alpha value is -1.92. The summed E-state index contributed by atoms with van der Waals surface area (Å²) in [6.45, 7) is 6.90. The number of amides is 1. The van der Waals surface area contributed by atoms with Crippen molar-refractivity contribution in [3.63, 3.8) is 0 Å². The lowest BCUT2D eigenvalue weighted by atomic mass is 9.86. The average molecular weight is 374 g/mol. The van der Waals surface area contributed by atoms with E-state index in [0.29, 0.717) is 18.4 Å². The van der Waals surface area contributed by atoms with Gasteiger partial charge in [0.1, 0.15) is 0 Å². The minimum absolute atomic E-state index is 0.0732. The van der Waals surface area contributed by atoms with Gasteiger partial charge in [0.15, 0.2) is 0 Å². The molecule has 2 atom stereocenters. The molecule has 0 spiro atoms. The lowest BCUT2D eigenvalue weighted by Gasteiger charge is -2.35. The molecule has 1 saturated carbocycles. The van der Waals surface area contributed by atoms with Gasteiger partial charge in [0, 0.05) is 31.2 Å². The standard InChI is InChI=1S/C21H30N2O4/c1-14-11-23(12-15(2)27-14)13-16-3-5-17(6-4-16)20(24)22-19-9-7-18(8-10-19)21(25)26/h3-6,14-15,18-19H,7-13H2,1-2H3,(H,22,24)(H,25,26)/t14-,15+,18?,19?. The molecular formula is C21H30N2O4. The first-order chi connectivity index (χ1) is 12.9. The fourth-order valence-corrected chi connectivity index (χ4v) is 4.19. The van der Waals surface area contributed by atoms with Crippen LogP contribution < -0.4 is 5.32 Å². The van der Waals surface area contributed by atoms with Crippen molar-refractivity contribution in [2.75, 3.05) is 13.1 Å². The highest BCUT2D eigenvalue weighted by Crippen LogP contribution is 2.24. The molecule has 2 N–H and O–H groups in total. The van der Waals surface area contributed by atoms with Crippen LogP contribution in [0.1, 0.15) is 55.5 Å². The highest BCUT2D eigenvalue weighted by Gasteiger charge is 2.27. The number of morpholine rings is 1. The molecule has 0 radical (unpaired) electrons. The molecule has 2 fully saturated rings. The first kappa shape index (κ1) is 19.8. The van der Waals surface area contributed by atoms with Crippen LogP contribution in [0.5, 0.6) is 0 Å². The second-order valence-corrected chi connectivity index (χ2v) is 8.01. The van der Waals surface area contributed by atoms with Crippen molar-refractivity contribution in [2.45, 2.75) is 64.3 Å². The quantitative estimate of drug-likeness (QED) is 0.828. The number of hydrogen-bond donors (Lipinski definition) is 2. The van der Waals surface area contributed by atoms with Crippen LogP contribution in [0.2, 0.25) is 0 Å². The zero-order valence-electron chi connectivity index (χ0n) is 16.2. The van der Waals surface area contributed by atoms with Crippen molar-refractivity contribution in [2.24, 2.45) is 5.92 Å². The summed E-state index contributed by atoms with van der Waals surface area (Å²) in [4.78, 5) is 25.9. The third-order valence-corrected chi connectivity index (χ3v) is 5.53. The van der Waals surface area contributed by atoms with E-state index in [4.69, 9.17) is 9.84 Å². The Morgan fingerprint density at radius 3 is 2.22 bits per heavy atom. The van der Waals surface area contributed by atoms with Crippen molar-refractivity contribution in [3.05, 3.63) is 35.4 Å². The Kier molecular flexibility index (Phi) is 6.50. The number of carboxylic acids is 1. The number of ether oxygens (including phenoxy) is 1. The van der Waals surface area contributed by atoms with Gasteiger partial charge in [0.05, 0.1) is 18.1 Å². The highest BCUT2D eigenvalue weighted by molar-refractivity contribution is 5.94. The van der Waals surface area contributed by atoms with Crippen molar-refractivity contribution < 1.29 is 19.4 Å². The first-order valence-electron chi connectivity index (χ1n) is 9.91. The average Bonchev–Trinajstić information content (AvgIpc) is 2.62. The Morgan fingerprint density at radius 1 is 1.07 bits per heavy atom. The topological polar surface area (TPSA) is 78.9 Å². The van der Waals surface area contributed by atoms with Crippen LogP contribution in [0.15, 0.2) is 24.3 Å². The lowest BCUT2D eigenvalue weighted by molar-refractivity contribution is -0.142. The van der Waals surface area contributed by atoms with Crippen molar-refractivity contribution in [1.82, 2.24) is 10.2 Å². The second kappa shape index (κ2) is 8.85. The van der Waals surface area contributed by atoms with Crippen LogP contribution in [-0.2, 0) is 16.1 Å². The summed E-state index contributed by atoms with van der Waals surface area (Å²) in [5.41, 5.74) is 1.85. The maximum absolute atomic E-state index is 12.5. The van der Waals surface area contributed by atoms with Gasteiger partial charge in [-0.3, -0.25) is 14.5 Å². The fraction of sp³-hybridized carbons (Fsp3) is 0.619. The molecule has 6 nitrogen and oxygen atoms in total. The van der Waals surface area contributed by atoms with Crippen molar-refractivity contribution >= 4 is 11.9 Å². The molecule has 148 valence electrons. The van der Waals surface area contributed by atoms with Gasteiger partial charge in [0.25, 0.3) is 5.91 Å². The Balaban J connectivity index is 1.49. The van der Waals surface area contributed by atoms with E-state index in [0.717, 1.165) is 32.5 Å². The molecular weight excluding hydrogens is 344 g/mol. The maximum atomic E-state index is 12.5. The molecule has 6 heteroatoms. The van der Waals surface area contributed by atoms with Gasteiger partial charge >= 0.3 is 5.97 Å². The van der Waals surface area contributed by atoms with E-state index in [-0.39, 0.29) is 30.1 Å². The number of rotatable bonds is 5. The van der Waals surface area contributed by atoms with E-state index in [1.807, 2.05) is 24.3 Å². The molecule has 1 aromatic carbocycles. The first-order valence-corrected chi connectivity index (χ1v) is 9.91. The zero-order chi connectivity index (χ0) is 19.4. The number of carbonyl (C=O) groups is 2. The number of carbonyl (C=O) groups excluding carboxylic acids is 1. The summed E-state index contributed by atoms with van der Waals surface area (Å²) in [5, 5.41) is 12.1. The molecule has 27 heavy (non-hydrogen) atoms. The molecule has 1 saturated heterocycles. The van der Waals surface area contributed by atoms with E-state index in [1.165, 1.54) is 5.56 Å². The molecule has 1 aromatic rings. The lowest BCUT2D eigenvalue weighted by Crippen LogP contribution is -2.44. The fourth-order valence-electron chi connectivity index (χ4n) is 4.19. The summed E-state index contributed by atoms with van der Waals surface area (Å²) in [5.74, 6) is -1.06. The van der Waals surface area contributed by atoms with Crippen LogP contribution in [-0.4, -0.2) is 53.2 Å². The second-order valence-electron chi connectivity index (χ2n) is 8.01. The highest BCUT2D eigenvalue weighted by atomic mass is 16.5. The monoisotopic (exact) mass is 374 g/mol. The van der Waals surface area contributed by atoms with E-state index in [9.17, 15) is 9.59 Å². The van der Waals surface area contributed by atoms with Gasteiger partial charge in [-0.1, -0.05) is 12.1 Å². The van der Waals surface area contributed by atoms with E-state index in [2.05, 4.69) is 24.1 Å². The molecule has 0 unspecified atom stereocenters. The predicted molar refractivity (Wildman–Crippen MR) is 103 cm³/mol. The zero-order valence-corrected chi connectivity index (χ0v) is 16.2.